The number of aromatic hydroxyl groups is 1. The van der Waals surface area contributed by atoms with Crippen LogP contribution in [0.5, 0.6) is 5.75 Å². The summed E-state index contributed by atoms with van der Waals surface area (Å²) in [6.07, 6.45) is 1.15. The molecule has 0 saturated heterocycles. The third-order valence-electron chi connectivity index (χ3n) is 6.76. The number of rotatable bonds is 15. The Kier molecular flexibility index (Phi) is 12.6. The first kappa shape index (κ1) is 32.3. The van der Waals surface area contributed by atoms with Gasteiger partial charge in [-0.15, -0.1) is 0 Å². The highest BCUT2D eigenvalue weighted by atomic mass is 16.4. The first-order valence-corrected chi connectivity index (χ1v) is 13.6. The van der Waals surface area contributed by atoms with Crippen molar-refractivity contribution in [2.75, 3.05) is 0 Å². The molecule has 0 aliphatic rings. The number of amides is 3. The van der Waals surface area contributed by atoms with Gasteiger partial charge in [-0.3, -0.25) is 14.4 Å². The number of carbonyl (C=O) groups is 4. The van der Waals surface area contributed by atoms with Crippen molar-refractivity contribution in [2.45, 2.75) is 77.5 Å². The predicted octanol–water partition coefficient (Wildman–Crippen LogP) is 2.14. The Morgan fingerprint density at radius 2 is 1.27 bits per heavy atom. The van der Waals surface area contributed by atoms with Gasteiger partial charge in [0, 0.05) is 12.8 Å². The van der Waals surface area contributed by atoms with Gasteiger partial charge in [0.25, 0.3) is 0 Å². The van der Waals surface area contributed by atoms with Crippen LogP contribution in [0.3, 0.4) is 0 Å². The zero-order valence-electron chi connectivity index (χ0n) is 23.6. The van der Waals surface area contributed by atoms with E-state index >= 15 is 0 Å². The van der Waals surface area contributed by atoms with Crippen LogP contribution in [0.15, 0.2) is 54.6 Å². The summed E-state index contributed by atoms with van der Waals surface area (Å²) in [5.41, 5.74) is 7.49. The van der Waals surface area contributed by atoms with E-state index < -0.39 is 47.9 Å². The van der Waals surface area contributed by atoms with Crippen LogP contribution in [-0.2, 0) is 32.0 Å². The highest BCUT2D eigenvalue weighted by Crippen LogP contribution is 2.14. The lowest BCUT2D eigenvalue weighted by Crippen LogP contribution is -2.58. The Bertz CT molecular complexity index is 1120. The van der Waals surface area contributed by atoms with E-state index in [9.17, 15) is 29.4 Å². The van der Waals surface area contributed by atoms with Crippen LogP contribution in [0, 0.1) is 11.8 Å². The minimum Gasteiger partial charge on any atom is -0.508 e. The monoisotopic (exact) mass is 554 g/mol. The summed E-state index contributed by atoms with van der Waals surface area (Å²) >= 11 is 0. The molecular formula is C30H42N4O6. The molecule has 40 heavy (non-hydrogen) atoms. The molecule has 5 unspecified atom stereocenters. The second kappa shape index (κ2) is 15.6. The zero-order valence-corrected chi connectivity index (χ0v) is 23.6. The molecule has 218 valence electrons. The maximum Gasteiger partial charge on any atom is 0.326 e. The van der Waals surface area contributed by atoms with E-state index in [0.717, 1.165) is 5.56 Å². The first-order chi connectivity index (χ1) is 18.9. The normalized spacial score (nSPS) is 14.8. The first-order valence-electron chi connectivity index (χ1n) is 13.6. The number of phenols is 1. The van der Waals surface area contributed by atoms with Gasteiger partial charge >= 0.3 is 5.97 Å². The Morgan fingerprint density at radius 1 is 0.775 bits per heavy atom. The molecule has 0 heterocycles. The van der Waals surface area contributed by atoms with Crippen molar-refractivity contribution in [3.05, 3.63) is 65.7 Å². The molecule has 0 radical (unpaired) electrons. The van der Waals surface area contributed by atoms with Gasteiger partial charge in [0.15, 0.2) is 0 Å². The molecule has 0 spiro atoms. The molecule has 0 aromatic heterocycles. The Balaban J connectivity index is 2.33. The molecule has 7 N–H and O–H groups in total. The van der Waals surface area contributed by atoms with Crippen LogP contribution in [0.4, 0.5) is 0 Å². The Hall–Kier alpha value is -3.92. The molecule has 0 aliphatic heterocycles. The van der Waals surface area contributed by atoms with Gasteiger partial charge in [0.2, 0.25) is 17.7 Å². The Morgan fingerprint density at radius 3 is 1.77 bits per heavy atom. The fourth-order valence-corrected chi connectivity index (χ4v) is 4.24. The van der Waals surface area contributed by atoms with Crippen molar-refractivity contribution >= 4 is 23.7 Å². The second-order valence-corrected chi connectivity index (χ2v) is 10.6. The number of phenolic OH excluding ortho intramolecular Hbond substituents is 1. The van der Waals surface area contributed by atoms with Crippen LogP contribution in [0.2, 0.25) is 0 Å². The molecule has 10 heteroatoms. The maximum atomic E-state index is 13.6. The minimum atomic E-state index is -1.18. The van der Waals surface area contributed by atoms with Crippen molar-refractivity contribution in [1.82, 2.24) is 16.0 Å². The number of aliphatic carboxylic acids is 1. The van der Waals surface area contributed by atoms with Crippen molar-refractivity contribution < 1.29 is 29.4 Å². The van der Waals surface area contributed by atoms with E-state index in [2.05, 4.69) is 16.0 Å². The summed E-state index contributed by atoms with van der Waals surface area (Å²) in [6.45, 7) is 7.43. The van der Waals surface area contributed by atoms with Gasteiger partial charge < -0.3 is 31.9 Å². The second-order valence-electron chi connectivity index (χ2n) is 10.6. The third-order valence-corrected chi connectivity index (χ3v) is 6.76. The van der Waals surface area contributed by atoms with E-state index in [1.807, 2.05) is 51.1 Å². The maximum absolute atomic E-state index is 13.6. The third kappa shape index (κ3) is 10.3. The van der Waals surface area contributed by atoms with Crippen molar-refractivity contribution in [3.63, 3.8) is 0 Å². The lowest BCUT2D eigenvalue weighted by atomic mass is 9.97. The highest BCUT2D eigenvalue weighted by molar-refractivity contribution is 5.94. The number of nitrogens with two attached hydrogens (primary N) is 1. The Labute approximate surface area is 235 Å². The van der Waals surface area contributed by atoms with Gasteiger partial charge in [-0.1, -0.05) is 76.6 Å². The lowest BCUT2D eigenvalue weighted by Gasteiger charge is -2.27. The standard InChI is InChI=1S/C30H42N4O6/c1-5-19(4)26(30(39)40)34-29(38)25(17-21-11-13-22(35)14-12-21)33-28(37)24(16-20-9-7-6-8-10-20)32-27(36)23(31)15-18(2)3/h6-14,18-19,23-26,35H,5,15-17,31H2,1-4H3,(H,32,36)(H,33,37)(H,34,38)(H,39,40). The number of carboxylic acids is 1. The van der Waals surface area contributed by atoms with Gasteiger partial charge in [-0.2, -0.15) is 0 Å². The van der Waals surface area contributed by atoms with Gasteiger partial charge in [0.05, 0.1) is 6.04 Å². The van der Waals surface area contributed by atoms with Crippen LogP contribution < -0.4 is 21.7 Å². The van der Waals surface area contributed by atoms with Crippen molar-refractivity contribution in [1.29, 1.82) is 0 Å². The van der Waals surface area contributed by atoms with E-state index in [0.29, 0.717) is 18.4 Å². The molecular weight excluding hydrogens is 512 g/mol. The van der Waals surface area contributed by atoms with E-state index in [1.54, 1.807) is 19.1 Å². The summed E-state index contributed by atoms with van der Waals surface area (Å²) in [7, 11) is 0. The fraction of sp³-hybridized carbons (Fsp3) is 0.467. The van der Waals surface area contributed by atoms with Crippen LogP contribution in [-0.4, -0.2) is 58.1 Å². The summed E-state index contributed by atoms with van der Waals surface area (Å²) in [5.74, 6) is -3.07. The molecule has 2 aromatic carbocycles. The quantitative estimate of drug-likeness (QED) is 0.196. The summed E-state index contributed by atoms with van der Waals surface area (Å²) in [4.78, 5) is 51.7. The van der Waals surface area contributed by atoms with Crippen molar-refractivity contribution in [3.8, 4) is 5.75 Å². The average molecular weight is 555 g/mol. The molecule has 0 fully saturated rings. The number of benzene rings is 2. The summed E-state index contributed by atoms with van der Waals surface area (Å²) < 4.78 is 0. The molecule has 0 bridgehead atoms. The molecule has 5 atom stereocenters. The predicted molar refractivity (Wildman–Crippen MR) is 152 cm³/mol. The highest BCUT2D eigenvalue weighted by Gasteiger charge is 2.32. The summed E-state index contributed by atoms with van der Waals surface area (Å²) in [6, 6.07) is 11.1. The topological polar surface area (TPSA) is 171 Å². The van der Waals surface area contributed by atoms with E-state index in [-0.39, 0.29) is 30.4 Å². The molecule has 3 amide bonds. The molecule has 2 rings (SSSR count). The smallest absolute Gasteiger partial charge is 0.326 e. The molecule has 0 saturated carbocycles. The number of carboxylic acid groups (broad SMARTS) is 1. The van der Waals surface area contributed by atoms with Gasteiger partial charge in [-0.05, 0) is 41.5 Å². The molecule has 10 nitrogen and oxygen atoms in total. The number of nitrogens with one attached hydrogen (secondary N) is 3. The average Bonchev–Trinajstić information content (AvgIpc) is 2.91. The summed E-state index contributed by atoms with van der Waals surface area (Å²) in [5, 5.41) is 27.4. The van der Waals surface area contributed by atoms with Crippen LogP contribution in [0.1, 0.15) is 51.7 Å². The zero-order chi connectivity index (χ0) is 29.8. The van der Waals surface area contributed by atoms with Crippen LogP contribution in [0.25, 0.3) is 0 Å². The molecule has 2 aromatic rings. The number of hydrogen-bond acceptors (Lipinski definition) is 6. The minimum absolute atomic E-state index is 0.0313. The van der Waals surface area contributed by atoms with Crippen molar-refractivity contribution in [2.24, 2.45) is 17.6 Å². The van der Waals surface area contributed by atoms with E-state index in [1.165, 1.54) is 12.1 Å². The SMILES string of the molecule is CCC(C)C(NC(=O)C(Cc1ccc(O)cc1)NC(=O)C(Cc1ccccc1)NC(=O)C(N)CC(C)C)C(=O)O. The van der Waals surface area contributed by atoms with E-state index in [4.69, 9.17) is 5.73 Å². The van der Waals surface area contributed by atoms with Crippen LogP contribution >= 0.6 is 0 Å². The number of hydrogen-bond donors (Lipinski definition) is 6. The fourth-order valence-electron chi connectivity index (χ4n) is 4.24. The van der Waals surface area contributed by atoms with Gasteiger partial charge in [0.1, 0.15) is 23.9 Å². The molecule has 0 aliphatic carbocycles. The largest absolute Gasteiger partial charge is 0.508 e. The lowest BCUT2D eigenvalue weighted by molar-refractivity contribution is -0.143. The van der Waals surface area contributed by atoms with Gasteiger partial charge in [-0.25, -0.2) is 4.79 Å². The number of carbonyl (C=O) groups excluding carboxylic acids is 3.